The highest BCUT2D eigenvalue weighted by atomic mass is 16.5. The molecule has 1 aromatic rings. The van der Waals surface area contributed by atoms with E-state index in [1.54, 1.807) is 12.1 Å². The predicted octanol–water partition coefficient (Wildman–Crippen LogP) is 4.63. The summed E-state index contributed by atoms with van der Waals surface area (Å²) in [6, 6.07) is 4.89. The van der Waals surface area contributed by atoms with Crippen molar-refractivity contribution < 1.29 is 19.4 Å². The van der Waals surface area contributed by atoms with Crippen LogP contribution in [-0.4, -0.2) is 24.8 Å². The lowest BCUT2D eigenvalue weighted by Gasteiger charge is -2.07. The predicted molar refractivity (Wildman–Crippen MR) is 91.9 cm³/mol. The first-order valence-corrected chi connectivity index (χ1v) is 8.69. The van der Waals surface area contributed by atoms with Crippen molar-refractivity contribution in [3.05, 3.63) is 23.8 Å². The molecule has 0 spiro atoms. The van der Waals surface area contributed by atoms with Gasteiger partial charge in [-0.15, -0.1) is 0 Å². The molecule has 0 saturated carbocycles. The molecule has 1 rings (SSSR count). The minimum absolute atomic E-state index is 0.0727. The number of carbonyl (C=O) groups excluding carboxylic acids is 1. The molecule has 0 unspecified atom stereocenters. The molecule has 0 saturated heterocycles. The summed E-state index contributed by atoms with van der Waals surface area (Å²) in [5.74, 6) is 0.211. The molecule has 0 amide bonds. The van der Waals surface area contributed by atoms with E-state index in [1.165, 1.54) is 51.7 Å². The molecule has 0 bridgehead atoms. The van der Waals surface area contributed by atoms with Gasteiger partial charge < -0.3 is 14.6 Å². The van der Waals surface area contributed by atoms with E-state index in [2.05, 4.69) is 6.92 Å². The van der Waals surface area contributed by atoms with Crippen LogP contribution >= 0.6 is 0 Å². The standard InChI is InChI=1S/C19H30O4/c1-3-4-5-6-7-8-9-10-13-23-19(21)15-16-11-12-17(20)18(14-16)22-2/h11-12,14,20H,3-10,13,15H2,1-2H3. The lowest BCUT2D eigenvalue weighted by Crippen LogP contribution is -2.09. The Kier molecular flexibility index (Phi) is 9.92. The number of unbranched alkanes of at least 4 members (excludes halogenated alkanes) is 7. The summed E-state index contributed by atoms with van der Waals surface area (Å²) < 4.78 is 10.3. The molecule has 1 N–H and O–H groups in total. The van der Waals surface area contributed by atoms with Gasteiger partial charge in [0.05, 0.1) is 20.1 Å². The Morgan fingerprint density at radius 2 is 1.70 bits per heavy atom. The van der Waals surface area contributed by atoms with Crippen molar-refractivity contribution in [2.45, 2.75) is 64.7 Å². The normalized spacial score (nSPS) is 10.5. The van der Waals surface area contributed by atoms with Crippen LogP contribution in [0.15, 0.2) is 18.2 Å². The molecular weight excluding hydrogens is 292 g/mol. The second-order valence-electron chi connectivity index (χ2n) is 5.88. The highest BCUT2D eigenvalue weighted by Gasteiger charge is 2.08. The summed E-state index contributed by atoms with van der Waals surface area (Å²) >= 11 is 0. The van der Waals surface area contributed by atoms with Crippen LogP contribution in [0, 0.1) is 0 Å². The van der Waals surface area contributed by atoms with E-state index < -0.39 is 0 Å². The SMILES string of the molecule is CCCCCCCCCCOC(=O)Cc1ccc(O)c(OC)c1. The number of carbonyl (C=O) groups is 1. The van der Waals surface area contributed by atoms with Crippen LogP contribution in [0.4, 0.5) is 0 Å². The van der Waals surface area contributed by atoms with Gasteiger partial charge in [0, 0.05) is 0 Å². The van der Waals surface area contributed by atoms with E-state index in [4.69, 9.17) is 9.47 Å². The van der Waals surface area contributed by atoms with Crippen LogP contribution in [0.2, 0.25) is 0 Å². The fourth-order valence-electron chi connectivity index (χ4n) is 2.47. The lowest BCUT2D eigenvalue weighted by atomic mass is 10.1. The number of phenols is 1. The maximum atomic E-state index is 11.8. The van der Waals surface area contributed by atoms with Crippen LogP contribution in [0.3, 0.4) is 0 Å². The van der Waals surface area contributed by atoms with E-state index in [0.717, 1.165) is 18.4 Å². The third-order valence-corrected chi connectivity index (χ3v) is 3.85. The fourth-order valence-corrected chi connectivity index (χ4v) is 2.47. The average Bonchev–Trinajstić information content (AvgIpc) is 2.55. The van der Waals surface area contributed by atoms with Gasteiger partial charge >= 0.3 is 5.97 Å². The van der Waals surface area contributed by atoms with Gasteiger partial charge in [0.2, 0.25) is 0 Å². The molecule has 23 heavy (non-hydrogen) atoms. The van der Waals surface area contributed by atoms with Gasteiger partial charge in [0.25, 0.3) is 0 Å². The van der Waals surface area contributed by atoms with E-state index >= 15 is 0 Å². The van der Waals surface area contributed by atoms with Gasteiger partial charge in [-0.05, 0) is 24.1 Å². The first kappa shape index (κ1) is 19.3. The fraction of sp³-hybridized carbons (Fsp3) is 0.632. The van der Waals surface area contributed by atoms with Crippen molar-refractivity contribution in [2.75, 3.05) is 13.7 Å². The average molecular weight is 322 g/mol. The van der Waals surface area contributed by atoms with Crippen LogP contribution in [0.25, 0.3) is 0 Å². The third-order valence-electron chi connectivity index (χ3n) is 3.85. The van der Waals surface area contributed by atoms with Crippen molar-refractivity contribution >= 4 is 5.97 Å². The third kappa shape index (κ3) is 8.48. The van der Waals surface area contributed by atoms with E-state index in [9.17, 15) is 9.90 Å². The summed E-state index contributed by atoms with van der Waals surface area (Å²) in [6.07, 6.45) is 10.0. The zero-order valence-electron chi connectivity index (χ0n) is 14.5. The summed E-state index contributed by atoms with van der Waals surface area (Å²) in [5, 5.41) is 9.52. The number of aromatic hydroxyl groups is 1. The van der Waals surface area contributed by atoms with Gasteiger partial charge in [0.15, 0.2) is 11.5 Å². The van der Waals surface area contributed by atoms with Gasteiger partial charge in [-0.1, -0.05) is 57.9 Å². The van der Waals surface area contributed by atoms with E-state index in [0.29, 0.717) is 12.4 Å². The number of methoxy groups -OCH3 is 1. The number of rotatable bonds is 12. The topological polar surface area (TPSA) is 55.8 Å². The lowest BCUT2D eigenvalue weighted by molar-refractivity contribution is -0.142. The Hall–Kier alpha value is -1.71. The van der Waals surface area contributed by atoms with Crippen LogP contribution in [0.1, 0.15) is 63.9 Å². The monoisotopic (exact) mass is 322 g/mol. The molecule has 130 valence electrons. The second kappa shape index (κ2) is 11.8. The number of benzene rings is 1. The summed E-state index contributed by atoms with van der Waals surface area (Å²) in [7, 11) is 1.49. The Labute approximate surface area is 139 Å². The molecule has 4 nitrogen and oxygen atoms in total. The Morgan fingerprint density at radius 3 is 2.35 bits per heavy atom. The molecule has 0 aliphatic heterocycles. The first-order valence-electron chi connectivity index (χ1n) is 8.69. The molecule has 0 fully saturated rings. The van der Waals surface area contributed by atoms with Crippen molar-refractivity contribution in [3.8, 4) is 11.5 Å². The smallest absolute Gasteiger partial charge is 0.310 e. The zero-order chi connectivity index (χ0) is 16.9. The molecule has 0 aliphatic rings. The van der Waals surface area contributed by atoms with E-state index in [-0.39, 0.29) is 18.1 Å². The maximum Gasteiger partial charge on any atom is 0.310 e. The second-order valence-corrected chi connectivity index (χ2v) is 5.88. The highest BCUT2D eigenvalue weighted by molar-refractivity contribution is 5.72. The van der Waals surface area contributed by atoms with Gasteiger partial charge in [0.1, 0.15) is 0 Å². The van der Waals surface area contributed by atoms with Crippen molar-refractivity contribution in [1.82, 2.24) is 0 Å². The van der Waals surface area contributed by atoms with Crippen LogP contribution < -0.4 is 4.74 Å². The minimum Gasteiger partial charge on any atom is -0.504 e. The molecule has 0 aromatic heterocycles. The maximum absolute atomic E-state index is 11.8. The Bertz CT molecular complexity index is 457. The minimum atomic E-state index is -0.235. The van der Waals surface area contributed by atoms with Crippen LogP contribution in [-0.2, 0) is 16.0 Å². The molecular formula is C19H30O4. The van der Waals surface area contributed by atoms with Gasteiger partial charge in [-0.25, -0.2) is 0 Å². The molecule has 0 radical (unpaired) electrons. The molecule has 1 aromatic carbocycles. The summed E-state index contributed by atoms with van der Waals surface area (Å²) in [6.45, 7) is 2.71. The molecule has 4 heteroatoms. The van der Waals surface area contributed by atoms with Crippen molar-refractivity contribution in [3.63, 3.8) is 0 Å². The van der Waals surface area contributed by atoms with Crippen LogP contribution in [0.5, 0.6) is 11.5 Å². The number of hydrogen-bond acceptors (Lipinski definition) is 4. The molecule has 0 atom stereocenters. The first-order chi connectivity index (χ1) is 11.2. The van der Waals surface area contributed by atoms with Gasteiger partial charge in [-0.3, -0.25) is 4.79 Å². The number of phenolic OH excluding ortho intramolecular Hbond substituents is 1. The number of esters is 1. The quantitative estimate of drug-likeness (QED) is 0.450. The largest absolute Gasteiger partial charge is 0.504 e. The van der Waals surface area contributed by atoms with E-state index in [1.807, 2.05) is 0 Å². The number of hydrogen-bond donors (Lipinski definition) is 1. The van der Waals surface area contributed by atoms with Crippen molar-refractivity contribution in [1.29, 1.82) is 0 Å². The Morgan fingerprint density at radius 1 is 1.04 bits per heavy atom. The van der Waals surface area contributed by atoms with Gasteiger partial charge in [-0.2, -0.15) is 0 Å². The summed E-state index contributed by atoms with van der Waals surface area (Å²) in [5.41, 5.74) is 0.778. The zero-order valence-corrected chi connectivity index (χ0v) is 14.5. The molecule has 0 heterocycles. The highest BCUT2D eigenvalue weighted by Crippen LogP contribution is 2.26. The Balaban J connectivity index is 2.10. The van der Waals surface area contributed by atoms with Crippen molar-refractivity contribution in [2.24, 2.45) is 0 Å². The number of ether oxygens (including phenoxy) is 2. The summed E-state index contributed by atoms with van der Waals surface area (Å²) in [4.78, 5) is 11.8. The molecule has 0 aliphatic carbocycles.